The Bertz CT molecular complexity index is 378. The Balaban J connectivity index is 2.16. The highest BCUT2D eigenvalue weighted by Crippen LogP contribution is 2.29. The van der Waals surface area contributed by atoms with Gasteiger partial charge in [-0.05, 0) is 32.2 Å². The highest BCUT2D eigenvalue weighted by molar-refractivity contribution is 5.79. The maximum atomic E-state index is 11.3. The molecular weight excluding hydrogens is 206 g/mol. The maximum Gasteiger partial charge on any atom is 0.329 e. The molecule has 0 aromatic carbocycles. The first kappa shape index (κ1) is 11.0. The molecule has 1 heterocycles. The van der Waals surface area contributed by atoms with Crippen LogP contribution in [0.3, 0.4) is 0 Å². The lowest BCUT2D eigenvalue weighted by Gasteiger charge is -2.25. The third kappa shape index (κ3) is 2.19. The minimum absolute atomic E-state index is 0.447. The zero-order chi connectivity index (χ0) is 11.6. The van der Waals surface area contributed by atoms with Crippen LogP contribution in [0.1, 0.15) is 25.5 Å². The molecule has 5 nitrogen and oxygen atoms in total. The van der Waals surface area contributed by atoms with Gasteiger partial charge < -0.3 is 5.11 Å². The molecule has 86 valence electrons. The molecule has 0 spiro atoms. The van der Waals surface area contributed by atoms with Crippen molar-refractivity contribution in [3.63, 3.8) is 0 Å². The van der Waals surface area contributed by atoms with Crippen molar-refractivity contribution in [2.24, 2.45) is 5.92 Å². The van der Waals surface area contributed by atoms with E-state index in [-0.39, 0.29) is 0 Å². The van der Waals surface area contributed by atoms with Crippen molar-refractivity contribution in [1.82, 2.24) is 15.3 Å². The molecular formula is C11H15N3O2. The van der Waals surface area contributed by atoms with Crippen LogP contribution < -0.4 is 5.32 Å². The zero-order valence-corrected chi connectivity index (χ0v) is 9.18. The molecule has 1 aromatic heterocycles. The summed E-state index contributed by atoms with van der Waals surface area (Å²) >= 11 is 0. The van der Waals surface area contributed by atoms with Crippen LogP contribution in [-0.2, 0) is 10.3 Å². The van der Waals surface area contributed by atoms with Gasteiger partial charge in [-0.25, -0.2) is 4.79 Å². The topological polar surface area (TPSA) is 75.1 Å². The Labute approximate surface area is 93.9 Å². The largest absolute Gasteiger partial charge is 0.480 e. The molecule has 0 aliphatic heterocycles. The summed E-state index contributed by atoms with van der Waals surface area (Å²) in [4.78, 5) is 19.3. The van der Waals surface area contributed by atoms with Crippen LogP contribution in [0.4, 0.5) is 0 Å². The number of hydrogen-bond acceptors (Lipinski definition) is 4. The third-order valence-corrected chi connectivity index (χ3v) is 2.94. The fourth-order valence-corrected chi connectivity index (χ4v) is 1.50. The summed E-state index contributed by atoms with van der Waals surface area (Å²) < 4.78 is 0. The van der Waals surface area contributed by atoms with E-state index < -0.39 is 11.5 Å². The monoisotopic (exact) mass is 221 g/mol. The molecule has 1 saturated carbocycles. The molecule has 1 aliphatic carbocycles. The smallest absolute Gasteiger partial charge is 0.329 e. The summed E-state index contributed by atoms with van der Waals surface area (Å²) in [5, 5.41) is 12.4. The van der Waals surface area contributed by atoms with E-state index in [4.69, 9.17) is 0 Å². The van der Waals surface area contributed by atoms with Crippen LogP contribution >= 0.6 is 0 Å². The molecule has 1 fully saturated rings. The van der Waals surface area contributed by atoms with Gasteiger partial charge in [0.05, 0.1) is 11.9 Å². The summed E-state index contributed by atoms with van der Waals surface area (Å²) in [5.74, 6) is -0.302. The highest BCUT2D eigenvalue weighted by atomic mass is 16.4. The number of hydrogen-bond donors (Lipinski definition) is 2. The Kier molecular flexibility index (Phi) is 2.87. The molecule has 0 bridgehead atoms. The number of aromatic nitrogens is 2. The van der Waals surface area contributed by atoms with Gasteiger partial charge in [0.25, 0.3) is 0 Å². The number of nitrogens with one attached hydrogen (secondary N) is 1. The maximum absolute atomic E-state index is 11.3. The van der Waals surface area contributed by atoms with Gasteiger partial charge in [0, 0.05) is 12.4 Å². The van der Waals surface area contributed by atoms with E-state index in [9.17, 15) is 9.90 Å². The summed E-state index contributed by atoms with van der Waals surface area (Å²) in [7, 11) is 0. The van der Waals surface area contributed by atoms with Gasteiger partial charge >= 0.3 is 5.97 Å². The van der Waals surface area contributed by atoms with E-state index in [2.05, 4.69) is 15.3 Å². The lowest BCUT2D eigenvalue weighted by atomic mass is 9.98. The summed E-state index contributed by atoms with van der Waals surface area (Å²) in [6.45, 7) is 2.35. The lowest BCUT2D eigenvalue weighted by Crippen LogP contribution is -2.48. The van der Waals surface area contributed by atoms with Gasteiger partial charge in [0.1, 0.15) is 0 Å². The molecule has 1 unspecified atom stereocenters. The Morgan fingerprint density at radius 1 is 1.62 bits per heavy atom. The number of carboxylic acid groups (broad SMARTS) is 1. The van der Waals surface area contributed by atoms with E-state index >= 15 is 0 Å². The van der Waals surface area contributed by atoms with Crippen molar-refractivity contribution < 1.29 is 9.90 Å². The second-order valence-electron chi connectivity index (χ2n) is 4.35. The minimum Gasteiger partial charge on any atom is -0.480 e. The van der Waals surface area contributed by atoms with Gasteiger partial charge in [-0.2, -0.15) is 0 Å². The van der Waals surface area contributed by atoms with Crippen molar-refractivity contribution in [3.05, 3.63) is 24.3 Å². The van der Waals surface area contributed by atoms with Gasteiger partial charge in [0.15, 0.2) is 5.54 Å². The lowest BCUT2D eigenvalue weighted by molar-refractivity contribution is -0.144. The molecule has 5 heteroatoms. The van der Waals surface area contributed by atoms with Gasteiger partial charge in [-0.3, -0.25) is 15.3 Å². The van der Waals surface area contributed by atoms with E-state index in [0.717, 1.165) is 6.54 Å². The van der Waals surface area contributed by atoms with Gasteiger partial charge in [0.2, 0.25) is 0 Å². The van der Waals surface area contributed by atoms with Crippen LogP contribution in [0.2, 0.25) is 0 Å². The number of carbonyl (C=O) groups is 1. The number of nitrogens with zero attached hydrogens (tertiary/aromatic N) is 2. The quantitative estimate of drug-likeness (QED) is 0.768. The second-order valence-corrected chi connectivity index (χ2v) is 4.35. The first-order chi connectivity index (χ1) is 7.63. The molecule has 0 amide bonds. The van der Waals surface area contributed by atoms with E-state index in [1.165, 1.54) is 31.4 Å². The Morgan fingerprint density at radius 2 is 2.38 bits per heavy atom. The van der Waals surface area contributed by atoms with Crippen molar-refractivity contribution in [1.29, 1.82) is 0 Å². The fourth-order valence-electron chi connectivity index (χ4n) is 1.50. The average molecular weight is 221 g/mol. The van der Waals surface area contributed by atoms with E-state index in [0.29, 0.717) is 11.6 Å². The van der Waals surface area contributed by atoms with Crippen LogP contribution in [0, 0.1) is 5.92 Å². The van der Waals surface area contributed by atoms with Crippen molar-refractivity contribution >= 4 is 5.97 Å². The minimum atomic E-state index is -1.14. The van der Waals surface area contributed by atoms with Gasteiger partial charge in [-0.1, -0.05) is 0 Å². The first-order valence-corrected chi connectivity index (χ1v) is 5.38. The van der Waals surface area contributed by atoms with Crippen molar-refractivity contribution in [2.45, 2.75) is 25.3 Å². The van der Waals surface area contributed by atoms with Crippen LogP contribution in [0.15, 0.2) is 18.6 Å². The second kappa shape index (κ2) is 4.17. The number of rotatable bonds is 5. The zero-order valence-electron chi connectivity index (χ0n) is 9.18. The summed E-state index contributed by atoms with van der Waals surface area (Å²) in [6, 6.07) is 0. The average Bonchev–Trinajstić information content (AvgIpc) is 3.10. The summed E-state index contributed by atoms with van der Waals surface area (Å²) in [5.41, 5.74) is -0.695. The number of carboxylic acids is 1. The highest BCUT2D eigenvalue weighted by Gasteiger charge is 2.38. The van der Waals surface area contributed by atoms with Crippen molar-refractivity contribution in [2.75, 3.05) is 6.54 Å². The Hall–Kier alpha value is -1.49. The van der Waals surface area contributed by atoms with Gasteiger partial charge in [-0.15, -0.1) is 0 Å². The molecule has 2 rings (SSSR count). The van der Waals surface area contributed by atoms with Crippen LogP contribution in [0.5, 0.6) is 0 Å². The first-order valence-electron chi connectivity index (χ1n) is 5.38. The molecule has 0 saturated heterocycles. The molecule has 1 aromatic rings. The molecule has 0 radical (unpaired) electrons. The van der Waals surface area contributed by atoms with E-state index in [1.54, 1.807) is 6.92 Å². The standard InChI is InChI=1S/C11H15N3O2/c1-11(10(15)16,14-6-8-2-3-8)9-7-12-4-5-13-9/h4-5,7-8,14H,2-3,6H2,1H3,(H,15,16). The third-order valence-electron chi connectivity index (χ3n) is 2.94. The van der Waals surface area contributed by atoms with Crippen molar-refractivity contribution in [3.8, 4) is 0 Å². The molecule has 2 N–H and O–H groups in total. The molecule has 16 heavy (non-hydrogen) atoms. The predicted molar refractivity (Wildman–Crippen MR) is 57.7 cm³/mol. The Morgan fingerprint density at radius 3 is 2.88 bits per heavy atom. The summed E-state index contributed by atoms with van der Waals surface area (Å²) in [6.07, 6.45) is 6.91. The SMILES string of the molecule is CC(NCC1CC1)(C(=O)O)c1cnccn1. The molecule has 1 aliphatic rings. The fraction of sp³-hybridized carbons (Fsp3) is 0.545. The number of aliphatic carboxylic acids is 1. The normalized spacial score (nSPS) is 19.1. The van der Waals surface area contributed by atoms with E-state index in [1.807, 2.05) is 0 Å². The predicted octanol–water partition coefficient (Wildman–Crippen LogP) is 0.776. The molecule has 1 atom stereocenters. The van der Waals surface area contributed by atoms with Crippen LogP contribution in [0.25, 0.3) is 0 Å². The van der Waals surface area contributed by atoms with Crippen LogP contribution in [-0.4, -0.2) is 27.6 Å².